The van der Waals surface area contributed by atoms with Gasteiger partial charge in [-0.05, 0) is 13.5 Å². The van der Waals surface area contributed by atoms with Crippen LogP contribution in [0.25, 0.3) is 0 Å². The van der Waals surface area contributed by atoms with E-state index in [1.54, 1.807) is 18.8 Å². The molecule has 23 heavy (non-hydrogen) atoms. The summed E-state index contributed by atoms with van der Waals surface area (Å²) < 4.78 is 0. The summed E-state index contributed by atoms with van der Waals surface area (Å²) >= 11 is 1.66. The van der Waals surface area contributed by atoms with E-state index < -0.39 is 0 Å². The Bertz CT molecular complexity index is 192. The molecule has 1 amide bonds. The summed E-state index contributed by atoms with van der Waals surface area (Å²) in [6.07, 6.45) is 2.38. The van der Waals surface area contributed by atoms with Crippen molar-refractivity contribution in [2.45, 2.75) is 81.2 Å². The van der Waals surface area contributed by atoms with E-state index in [1.165, 1.54) is 0 Å². The Labute approximate surface area is 151 Å². The number of hydrogen-bond donors (Lipinski definition) is 2. The van der Waals surface area contributed by atoms with Crippen LogP contribution in [0.15, 0.2) is 0 Å². The summed E-state index contributed by atoms with van der Waals surface area (Å²) in [5.74, 6) is 1.71. The molecular formula is C18H44N2O2S. The van der Waals surface area contributed by atoms with E-state index in [1.807, 2.05) is 62.3 Å². The van der Waals surface area contributed by atoms with Crippen LogP contribution in [0.4, 0.5) is 0 Å². The van der Waals surface area contributed by atoms with Crippen molar-refractivity contribution >= 4 is 24.0 Å². The minimum absolute atomic E-state index is 0.0821. The van der Waals surface area contributed by atoms with Crippen molar-refractivity contribution in [2.75, 3.05) is 25.1 Å². The molecule has 0 aliphatic heterocycles. The molecule has 0 spiro atoms. The van der Waals surface area contributed by atoms with E-state index >= 15 is 0 Å². The van der Waals surface area contributed by atoms with Gasteiger partial charge in [-0.3, -0.25) is 4.79 Å². The summed E-state index contributed by atoms with van der Waals surface area (Å²) in [5, 5.41) is 5.72. The fraction of sp³-hybridized carbons (Fsp3) is 0.889. The minimum atomic E-state index is -0.0821. The summed E-state index contributed by atoms with van der Waals surface area (Å²) in [4.78, 5) is 21.5. The second-order valence-electron chi connectivity index (χ2n) is 3.21. The molecule has 0 aliphatic carbocycles. The van der Waals surface area contributed by atoms with Gasteiger partial charge in [0.1, 0.15) is 6.29 Å². The van der Waals surface area contributed by atoms with Gasteiger partial charge in [-0.25, -0.2) is 0 Å². The third kappa shape index (κ3) is 38.9. The van der Waals surface area contributed by atoms with E-state index in [9.17, 15) is 9.59 Å². The van der Waals surface area contributed by atoms with Gasteiger partial charge in [0.15, 0.2) is 0 Å². The molecule has 0 saturated heterocycles. The number of aldehydes is 1. The van der Waals surface area contributed by atoms with Crippen molar-refractivity contribution in [1.82, 2.24) is 10.6 Å². The second-order valence-corrected chi connectivity index (χ2v) is 4.36. The smallest absolute Gasteiger partial charge is 0.220 e. The van der Waals surface area contributed by atoms with E-state index in [2.05, 4.69) is 10.6 Å². The molecule has 0 aromatic heterocycles. The Morgan fingerprint density at radius 2 is 1.52 bits per heavy atom. The van der Waals surface area contributed by atoms with Gasteiger partial charge in [-0.1, -0.05) is 62.3 Å². The molecule has 0 bridgehead atoms. The molecule has 0 aromatic carbocycles. The molecule has 1 unspecified atom stereocenters. The van der Waals surface area contributed by atoms with Crippen LogP contribution in [0.1, 0.15) is 75.2 Å². The van der Waals surface area contributed by atoms with Crippen molar-refractivity contribution in [1.29, 1.82) is 0 Å². The number of nitrogens with one attached hydrogen (secondary N) is 2. The first-order valence-corrected chi connectivity index (χ1v) is 10.4. The Kier molecular flexibility index (Phi) is 63.4. The van der Waals surface area contributed by atoms with Gasteiger partial charge < -0.3 is 15.4 Å². The van der Waals surface area contributed by atoms with E-state index in [0.717, 1.165) is 24.2 Å². The van der Waals surface area contributed by atoms with Crippen molar-refractivity contribution in [3.8, 4) is 0 Å². The third-order valence-corrected chi connectivity index (χ3v) is 2.97. The molecule has 0 heterocycles. The zero-order valence-corrected chi connectivity index (χ0v) is 18.2. The SMILES string of the molecule is CC.CC.CC.CC.CCCC(=O)NCCSCC(C=O)NC. The zero-order chi connectivity index (χ0) is 19.5. The van der Waals surface area contributed by atoms with Crippen LogP contribution in [0.5, 0.6) is 0 Å². The molecule has 0 rings (SSSR count). The van der Waals surface area contributed by atoms with Crippen LogP contribution in [-0.2, 0) is 9.59 Å². The standard InChI is InChI=1S/C10H20N2O2S.4C2H6/c1-3-4-10(14)12-5-6-15-8-9(7-13)11-2;4*1-2/h7,9,11H,3-6,8H2,1-2H3,(H,12,14);4*1-2H3. The molecule has 2 N–H and O–H groups in total. The lowest BCUT2D eigenvalue weighted by Crippen LogP contribution is -2.30. The van der Waals surface area contributed by atoms with Crippen LogP contribution >= 0.6 is 11.8 Å². The van der Waals surface area contributed by atoms with Gasteiger partial charge in [0.25, 0.3) is 0 Å². The highest BCUT2D eigenvalue weighted by atomic mass is 32.2. The highest BCUT2D eigenvalue weighted by molar-refractivity contribution is 7.99. The van der Waals surface area contributed by atoms with Crippen molar-refractivity contribution < 1.29 is 9.59 Å². The van der Waals surface area contributed by atoms with Gasteiger partial charge in [-0.2, -0.15) is 11.8 Å². The Balaban J connectivity index is -0.000000116. The first-order valence-electron chi connectivity index (χ1n) is 9.21. The monoisotopic (exact) mass is 352 g/mol. The predicted molar refractivity (Wildman–Crippen MR) is 110 cm³/mol. The maximum absolute atomic E-state index is 11.1. The molecule has 1 atom stereocenters. The molecule has 0 aliphatic rings. The largest absolute Gasteiger partial charge is 0.355 e. The molecule has 4 nitrogen and oxygen atoms in total. The van der Waals surface area contributed by atoms with Crippen molar-refractivity contribution in [2.24, 2.45) is 0 Å². The lowest BCUT2D eigenvalue weighted by atomic mass is 10.3. The molecule has 0 fully saturated rings. The quantitative estimate of drug-likeness (QED) is 0.473. The molecule has 0 radical (unpaired) electrons. The van der Waals surface area contributed by atoms with Crippen LogP contribution in [-0.4, -0.2) is 43.3 Å². The Hall–Kier alpha value is -0.550. The van der Waals surface area contributed by atoms with Gasteiger partial charge in [0.2, 0.25) is 5.91 Å². The van der Waals surface area contributed by atoms with E-state index in [4.69, 9.17) is 0 Å². The number of likely N-dealkylation sites (N-methyl/N-ethyl adjacent to an activating group) is 1. The van der Waals surface area contributed by atoms with E-state index in [0.29, 0.717) is 13.0 Å². The number of thioether (sulfide) groups is 1. The Morgan fingerprint density at radius 3 is 1.87 bits per heavy atom. The van der Waals surface area contributed by atoms with Gasteiger partial charge in [-0.15, -0.1) is 0 Å². The van der Waals surface area contributed by atoms with Crippen molar-refractivity contribution in [3.05, 3.63) is 0 Å². The topological polar surface area (TPSA) is 58.2 Å². The first kappa shape index (κ1) is 33.9. The third-order valence-electron chi connectivity index (χ3n) is 1.88. The normalized spacial score (nSPS) is 8.96. The maximum atomic E-state index is 11.1. The van der Waals surface area contributed by atoms with E-state index in [-0.39, 0.29) is 11.9 Å². The van der Waals surface area contributed by atoms with Crippen molar-refractivity contribution in [3.63, 3.8) is 0 Å². The predicted octanol–water partition coefficient (Wildman–Crippen LogP) is 4.53. The van der Waals surface area contributed by atoms with Gasteiger partial charge >= 0.3 is 0 Å². The second kappa shape index (κ2) is 43.0. The number of amides is 1. The minimum Gasteiger partial charge on any atom is -0.355 e. The summed E-state index contributed by atoms with van der Waals surface area (Å²) in [5.41, 5.74) is 0. The summed E-state index contributed by atoms with van der Waals surface area (Å²) in [7, 11) is 1.77. The lowest BCUT2D eigenvalue weighted by molar-refractivity contribution is -0.121. The van der Waals surface area contributed by atoms with Crippen LogP contribution in [0, 0.1) is 0 Å². The fourth-order valence-electron chi connectivity index (χ4n) is 0.979. The molecule has 144 valence electrons. The number of rotatable bonds is 9. The fourth-order valence-corrected chi connectivity index (χ4v) is 1.89. The van der Waals surface area contributed by atoms with Gasteiger partial charge in [0, 0.05) is 24.5 Å². The molecule has 0 aromatic rings. The summed E-state index contributed by atoms with van der Waals surface area (Å²) in [6.45, 7) is 18.7. The molecule has 5 heteroatoms. The van der Waals surface area contributed by atoms with Crippen LogP contribution < -0.4 is 10.6 Å². The van der Waals surface area contributed by atoms with Gasteiger partial charge in [0.05, 0.1) is 6.04 Å². The number of hydrogen-bond acceptors (Lipinski definition) is 4. The number of carbonyl (C=O) groups excluding carboxylic acids is 2. The van der Waals surface area contributed by atoms with Crippen LogP contribution in [0.3, 0.4) is 0 Å². The highest BCUT2D eigenvalue weighted by Gasteiger charge is 2.03. The number of carbonyl (C=O) groups is 2. The zero-order valence-electron chi connectivity index (χ0n) is 17.4. The molecule has 0 saturated carbocycles. The van der Waals surface area contributed by atoms with Crippen LogP contribution in [0.2, 0.25) is 0 Å². The Morgan fingerprint density at radius 1 is 1.04 bits per heavy atom. The highest BCUT2D eigenvalue weighted by Crippen LogP contribution is 2.00. The first-order chi connectivity index (χ1) is 11.2. The average molecular weight is 353 g/mol. The summed E-state index contributed by atoms with van der Waals surface area (Å²) in [6, 6.07) is -0.0821. The lowest BCUT2D eigenvalue weighted by Gasteiger charge is -2.08. The molecular weight excluding hydrogens is 308 g/mol. The average Bonchev–Trinajstić information content (AvgIpc) is 2.65. The maximum Gasteiger partial charge on any atom is 0.220 e.